The van der Waals surface area contributed by atoms with E-state index in [4.69, 9.17) is 3.08 Å². The Hall–Kier alpha value is 1.61. The molecule has 0 aromatic heterocycles. The minimum absolute atomic E-state index is 0. The second-order valence-electron chi connectivity index (χ2n) is 0. The van der Waals surface area contributed by atoms with Crippen LogP contribution in [0.25, 0.3) is 0 Å². The van der Waals surface area contributed by atoms with E-state index in [1.807, 2.05) is 0 Å². The summed E-state index contributed by atoms with van der Waals surface area (Å²) in [6, 6.07) is 0. The van der Waals surface area contributed by atoms with Crippen molar-refractivity contribution < 1.29 is 36.6 Å². The van der Waals surface area contributed by atoms with Gasteiger partial charge in [-0.3, -0.25) is 0 Å². The van der Waals surface area contributed by atoms with Crippen molar-refractivity contribution in [3.8, 4) is 0 Å². The van der Waals surface area contributed by atoms with Crippen LogP contribution in [0.1, 0.15) is 0 Å². The average molecular weight is 249 g/mol. The van der Waals surface area contributed by atoms with Gasteiger partial charge in [-0.15, -0.1) is 0 Å². The average Bonchev–Trinajstić information content (AvgIpc) is 1.00. The van der Waals surface area contributed by atoms with Gasteiger partial charge >= 0.3 is 25.6 Å². The first kappa shape index (κ1) is 17.5. The molecule has 0 saturated carbocycles. The molecule has 0 spiro atoms. The van der Waals surface area contributed by atoms with Gasteiger partial charge in [0.1, 0.15) is 0 Å². The molecule has 0 aliphatic carbocycles. The Kier molecular flexibility index (Phi) is 101. The van der Waals surface area contributed by atoms with Crippen LogP contribution in [-0.2, 0) is 36.6 Å². The molecular weight excluding hydrogens is 249 g/mol. The first-order valence-electron chi connectivity index (χ1n) is 0.204. The van der Waals surface area contributed by atoms with Crippen molar-refractivity contribution >= 4 is 22.5 Å². The molecule has 4 heavy (non-hydrogen) atoms. The maximum atomic E-state index is 8.34. The van der Waals surface area contributed by atoms with Crippen LogP contribution in [0, 0.1) is 0 Å². The summed E-state index contributed by atoms with van der Waals surface area (Å²) in [5.41, 5.74) is 0. The van der Waals surface area contributed by atoms with Crippen LogP contribution in [0.2, 0.25) is 0 Å². The van der Waals surface area contributed by atoms with Crippen molar-refractivity contribution in [2.45, 2.75) is 0 Å². The second kappa shape index (κ2) is 23.2. The maximum absolute atomic E-state index is 8.34. The zero-order valence-corrected chi connectivity index (χ0v) is 6.52. The van der Waals surface area contributed by atoms with Gasteiger partial charge in [0.15, 0.2) is 0 Å². The molecule has 0 bridgehead atoms. The van der Waals surface area contributed by atoms with E-state index in [0.717, 1.165) is 0 Å². The fraction of sp³-hybridized carbons (Fsp3) is 0. The molecule has 0 unspecified atom stereocenters. The van der Waals surface area contributed by atoms with Gasteiger partial charge in [-0.2, -0.15) is 0 Å². The Morgan fingerprint density at radius 2 is 1.25 bits per heavy atom. The molecule has 1 nitrogen and oxygen atoms in total. The zero-order chi connectivity index (χ0) is 2.00. The molecule has 4 heteroatoms. The summed E-state index contributed by atoms with van der Waals surface area (Å²) in [7, 11) is 0. The van der Waals surface area contributed by atoms with E-state index in [1.165, 1.54) is 0 Å². The zero-order valence-electron chi connectivity index (χ0n) is 1.58. The summed E-state index contributed by atoms with van der Waals surface area (Å²) in [4.78, 5) is 0. The van der Waals surface area contributed by atoms with Gasteiger partial charge in [0, 0.05) is 33.6 Å². The Balaban J connectivity index is -0.00000000500. The Morgan fingerprint density at radius 1 is 1.25 bits per heavy atom. The first-order chi connectivity index (χ1) is 1.00. The summed E-state index contributed by atoms with van der Waals surface area (Å²) in [6.45, 7) is 0. The van der Waals surface area contributed by atoms with Crippen molar-refractivity contribution in [2.24, 2.45) is 0 Å². The van der Waals surface area contributed by atoms with Crippen molar-refractivity contribution in [1.29, 1.82) is 0 Å². The molecule has 0 rings (SSSR count). The number of hydrogen-bond acceptors (Lipinski definition) is 1. The van der Waals surface area contributed by atoms with E-state index in [2.05, 4.69) is 0 Å². The van der Waals surface area contributed by atoms with Gasteiger partial charge in [-0.1, -0.05) is 0 Å². The predicted molar refractivity (Wildman–Crippen MR) is 6.44 cm³/mol. The number of hydrogen-bond donors (Lipinski definition) is 0. The van der Waals surface area contributed by atoms with Gasteiger partial charge < -0.3 is 0 Å². The minimum atomic E-state index is 0. The van der Waals surface area contributed by atoms with Crippen LogP contribution >= 0.6 is 0 Å². The van der Waals surface area contributed by atoms with Crippen molar-refractivity contribution in [2.75, 3.05) is 0 Å². The standard InChI is InChI=1S/Fe.Ni.O.Sn. The molecule has 0 aromatic carbocycles. The third-order valence-electron chi connectivity index (χ3n) is 0. The molecule has 28 valence electrons. The fourth-order valence-corrected chi connectivity index (χ4v) is 0. The summed E-state index contributed by atoms with van der Waals surface area (Å²) in [5, 5.41) is 0. The van der Waals surface area contributed by atoms with E-state index in [1.54, 1.807) is 0 Å². The van der Waals surface area contributed by atoms with Gasteiger partial charge in [-0.05, 0) is 0 Å². The molecule has 2 radical (unpaired) electrons. The van der Waals surface area contributed by atoms with E-state index in [-0.39, 0.29) is 33.6 Å². The third kappa shape index (κ3) is 9.48. The van der Waals surface area contributed by atoms with E-state index < -0.39 is 0 Å². The molecular formula is FeNiOSn. The van der Waals surface area contributed by atoms with Gasteiger partial charge in [-0.25, -0.2) is 0 Å². The number of rotatable bonds is 0. The monoisotopic (exact) mass is 250 g/mol. The van der Waals surface area contributed by atoms with Gasteiger partial charge in [0.25, 0.3) is 0 Å². The van der Waals surface area contributed by atoms with E-state index in [0.29, 0.717) is 22.5 Å². The van der Waals surface area contributed by atoms with Crippen LogP contribution in [0.4, 0.5) is 0 Å². The van der Waals surface area contributed by atoms with Crippen LogP contribution in [0.15, 0.2) is 0 Å². The predicted octanol–water partition coefficient (Wildman–Crippen LogP) is -0.505. The Morgan fingerprint density at radius 3 is 1.25 bits per heavy atom. The molecule has 0 N–H and O–H groups in total. The fourth-order valence-electron chi connectivity index (χ4n) is 0. The Labute approximate surface area is 58.8 Å². The molecule has 0 aliphatic rings. The summed E-state index contributed by atoms with van der Waals surface area (Å²) in [6.07, 6.45) is 0. The Bertz CT molecular complexity index is 8.00. The first-order valence-corrected chi connectivity index (χ1v) is 1.37. The molecule has 0 aromatic rings. The van der Waals surface area contributed by atoms with Crippen molar-refractivity contribution in [3.63, 3.8) is 0 Å². The van der Waals surface area contributed by atoms with E-state index >= 15 is 0 Å². The van der Waals surface area contributed by atoms with Crippen LogP contribution < -0.4 is 0 Å². The molecule has 0 fully saturated rings. The summed E-state index contributed by atoms with van der Waals surface area (Å²) >= 11 is 0.300. The van der Waals surface area contributed by atoms with Crippen LogP contribution in [-0.4, -0.2) is 22.5 Å². The molecule has 0 saturated heterocycles. The van der Waals surface area contributed by atoms with Crippen LogP contribution in [0.3, 0.4) is 0 Å². The normalized spacial score (nSPS) is 1.00. The van der Waals surface area contributed by atoms with Crippen LogP contribution in [0.5, 0.6) is 0 Å². The third-order valence-corrected chi connectivity index (χ3v) is 0. The molecule has 0 amide bonds. The van der Waals surface area contributed by atoms with Gasteiger partial charge in [0.2, 0.25) is 0 Å². The van der Waals surface area contributed by atoms with E-state index in [9.17, 15) is 0 Å². The summed E-state index contributed by atoms with van der Waals surface area (Å²) < 4.78 is 8.34. The van der Waals surface area contributed by atoms with Crippen molar-refractivity contribution in [1.82, 2.24) is 0 Å². The summed E-state index contributed by atoms with van der Waals surface area (Å²) in [5.74, 6) is 0. The topological polar surface area (TPSA) is 17.1 Å². The van der Waals surface area contributed by atoms with Gasteiger partial charge in [0.05, 0.1) is 0 Å². The second-order valence-corrected chi connectivity index (χ2v) is 0. The molecule has 0 heterocycles. The molecule has 0 aliphatic heterocycles. The molecule has 0 atom stereocenters. The quantitative estimate of drug-likeness (QED) is 0.529. The van der Waals surface area contributed by atoms with Crippen molar-refractivity contribution in [3.05, 3.63) is 0 Å². The SMILES string of the molecule is [Fe].[Ni].[O]=[Sn].